The summed E-state index contributed by atoms with van der Waals surface area (Å²) in [5.41, 5.74) is 1.74. The molecule has 0 aliphatic carbocycles. The number of anilines is 1. The Morgan fingerprint density at radius 3 is 2.95 bits per heavy atom. The van der Waals surface area contributed by atoms with Crippen LogP contribution < -0.4 is 5.32 Å². The van der Waals surface area contributed by atoms with Crippen molar-refractivity contribution in [3.63, 3.8) is 0 Å². The highest BCUT2D eigenvalue weighted by atomic mass is 32.1. The van der Waals surface area contributed by atoms with Gasteiger partial charge in [0.25, 0.3) is 0 Å². The van der Waals surface area contributed by atoms with Gasteiger partial charge in [-0.05, 0) is 38.3 Å². The summed E-state index contributed by atoms with van der Waals surface area (Å²) in [5, 5.41) is 9.14. The molecule has 6 heteroatoms. The number of hydrogen-bond acceptors (Lipinski definition) is 6. The summed E-state index contributed by atoms with van der Waals surface area (Å²) >= 11 is 1.65. The van der Waals surface area contributed by atoms with Crippen LogP contribution in [0.2, 0.25) is 0 Å². The average Bonchev–Trinajstić information content (AvgIpc) is 2.93. The zero-order valence-corrected chi connectivity index (χ0v) is 11.8. The van der Waals surface area contributed by atoms with Crippen molar-refractivity contribution in [1.29, 1.82) is 0 Å². The van der Waals surface area contributed by atoms with E-state index in [4.69, 9.17) is 4.52 Å². The molecule has 3 rings (SSSR count). The molecule has 98 valence electrons. The van der Waals surface area contributed by atoms with E-state index >= 15 is 0 Å². The molecule has 0 bridgehead atoms. The first kappa shape index (κ1) is 12.1. The molecule has 0 saturated heterocycles. The second-order valence-corrected chi connectivity index (χ2v) is 6.27. The molecular weight excluding hydrogens is 260 g/mol. The Balaban J connectivity index is 1.93. The normalized spacial score (nSPS) is 11.9. The molecule has 0 aliphatic heterocycles. The number of thiophene rings is 1. The summed E-state index contributed by atoms with van der Waals surface area (Å²) in [6.45, 7) is 6.11. The Hall–Kier alpha value is -1.95. The summed E-state index contributed by atoms with van der Waals surface area (Å²) < 4.78 is 6.31. The number of nitrogens with zero attached hydrogens (tertiary/aromatic N) is 3. The molecule has 0 aliphatic rings. The first-order valence-corrected chi connectivity index (χ1v) is 6.85. The van der Waals surface area contributed by atoms with Crippen LogP contribution in [0.1, 0.15) is 20.8 Å². The molecule has 5 nitrogen and oxygen atoms in total. The topological polar surface area (TPSA) is 63.8 Å². The first-order chi connectivity index (χ1) is 9.01. The maximum Gasteiger partial charge on any atom is 0.322 e. The highest BCUT2D eigenvalue weighted by Gasteiger charge is 2.15. The standard InChI is InChI=1S/C13H14N4OS/c1-13(2,3)16-12-15-11(17-18-12)8-6-10-9(14-7-8)4-5-19-10/h4-7H,1-3H3,(H,15,16,17). The molecule has 0 atom stereocenters. The van der Waals surface area contributed by atoms with Gasteiger partial charge in [-0.2, -0.15) is 4.98 Å². The second-order valence-electron chi connectivity index (χ2n) is 5.33. The van der Waals surface area contributed by atoms with Crippen molar-refractivity contribution >= 4 is 27.6 Å². The number of rotatable bonds is 2. The van der Waals surface area contributed by atoms with Crippen molar-refractivity contribution in [1.82, 2.24) is 15.1 Å². The fourth-order valence-corrected chi connectivity index (χ4v) is 2.46. The zero-order valence-electron chi connectivity index (χ0n) is 11.0. The Morgan fingerprint density at radius 1 is 1.32 bits per heavy atom. The van der Waals surface area contributed by atoms with Gasteiger partial charge in [-0.15, -0.1) is 11.3 Å². The van der Waals surface area contributed by atoms with Crippen LogP contribution in [0.5, 0.6) is 0 Å². The van der Waals surface area contributed by atoms with Gasteiger partial charge in [-0.1, -0.05) is 5.16 Å². The summed E-state index contributed by atoms with van der Waals surface area (Å²) in [7, 11) is 0. The first-order valence-electron chi connectivity index (χ1n) is 5.97. The van der Waals surface area contributed by atoms with Gasteiger partial charge in [0, 0.05) is 17.3 Å². The van der Waals surface area contributed by atoms with Crippen LogP contribution in [0.3, 0.4) is 0 Å². The Bertz CT molecular complexity index is 711. The highest BCUT2D eigenvalue weighted by molar-refractivity contribution is 7.17. The second kappa shape index (κ2) is 4.31. The minimum atomic E-state index is -0.111. The van der Waals surface area contributed by atoms with E-state index in [1.165, 1.54) is 0 Å². The molecule has 0 spiro atoms. The third kappa shape index (κ3) is 2.58. The van der Waals surface area contributed by atoms with E-state index in [9.17, 15) is 0 Å². The maximum atomic E-state index is 5.19. The lowest BCUT2D eigenvalue weighted by atomic mass is 10.1. The molecule has 0 fully saturated rings. The van der Waals surface area contributed by atoms with E-state index < -0.39 is 0 Å². The number of aromatic nitrogens is 3. The van der Waals surface area contributed by atoms with E-state index in [0.717, 1.165) is 15.8 Å². The summed E-state index contributed by atoms with van der Waals surface area (Å²) in [6.07, 6.45) is 1.76. The van der Waals surface area contributed by atoms with Crippen molar-refractivity contribution in [3.8, 4) is 11.4 Å². The van der Waals surface area contributed by atoms with E-state index in [0.29, 0.717) is 11.8 Å². The zero-order chi connectivity index (χ0) is 13.5. The van der Waals surface area contributed by atoms with Crippen LogP contribution in [0, 0.1) is 0 Å². The van der Waals surface area contributed by atoms with E-state index in [-0.39, 0.29) is 5.54 Å². The SMILES string of the molecule is CC(C)(C)Nc1nc(-c2cnc3ccsc3c2)no1. The average molecular weight is 274 g/mol. The molecule has 0 aromatic carbocycles. The minimum absolute atomic E-state index is 0.111. The largest absolute Gasteiger partial charge is 0.333 e. The van der Waals surface area contributed by atoms with Crippen molar-refractivity contribution < 1.29 is 4.52 Å². The van der Waals surface area contributed by atoms with E-state index in [1.807, 2.05) is 38.3 Å². The fraction of sp³-hybridized carbons (Fsp3) is 0.308. The molecule has 3 aromatic rings. The van der Waals surface area contributed by atoms with Gasteiger partial charge < -0.3 is 9.84 Å². The molecule has 19 heavy (non-hydrogen) atoms. The van der Waals surface area contributed by atoms with Crippen LogP contribution in [0.15, 0.2) is 28.2 Å². The van der Waals surface area contributed by atoms with Crippen molar-refractivity contribution in [2.24, 2.45) is 0 Å². The minimum Gasteiger partial charge on any atom is -0.333 e. The Labute approximate surface area is 114 Å². The predicted octanol–water partition coefficient (Wildman–Crippen LogP) is 3.56. The number of fused-ring (bicyclic) bond motifs is 1. The maximum absolute atomic E-state index is 5.19. The lowest BCUT2D eigenvalue weighted by molar-refractivity contribution is 0.420. The van der Waals surface area contributed by atoms with Crippen LogP contribution in [0.25, 0.3) is 21.6 Å². The van der Waals surface area contributed by atoms with E-state index in [1.54, 1.807) is 17.5 Å². The molecule has 0 unspecified atom stereocenters. The molecular formula is C13H14N4OS. The summed E-state index contributed by atoms with van der Waals surface area (Å²) in [6, 6.07) is 4.44. The van der Waals surface area contributed by atoms with Gasteiger partial charge in [0.15, 0.2) is 0 Å². The third-order valence-corrected chi connectivity index (χ3v) is 3.32. The van der Waals surface area contributed by atoms with Crippen LogP contribution in [-0.2, 0) is 0 Å². The van der Waals surface area contributed by atoms with Gasteiger partial charge in [-0.25, -0.2) is 0 Å². The Morgan fingerprint density at radius 2 is 2.16 bits per heavy atom. The lowest BCUT2D eigenvalue weighted by Gasteiger charge is -2.17. The molecule has 0 radical (unpaired) electrons. The van der Waals surface area contributed by atoms with Crippen LogP contribution in [-0.4, -0.2) is 20.7 Å². The number of nitrogens with one attached hydrogen (secondary N) is 1. The number of pyridine rings is 1. The van der Waals surface area contributed by atoms with Gasteiger partial charge in [0.2, 0.25) is 5.82 Å². The summed E-state index contributed by atoms with van der Waals surface area (Å²) in [5.74, 6) is 0.551. The molecule has 0 saturated carbocycles. The van der Waals surface area contributed by atoms with Crippen LogP contribution >= 0.6 is 11.3 Å². The van der Waals surface area contributed by atoms with Gasteiger partial charge in [0.1, 0.15) is 0 Å². The lowest BCUT2D eigenvalue weighted by Crippen LogP contribution is -2.26. The smallest absolute Gasteiger partial charge is 0.322 e. The summed E-state index contributed by atoms with van der Waals surface area (Å²) in [4.78, 5) is 8.70. The van der Waals surface area contributed by atoms with E-state index in [2.05, 4.69) is 20.4 Å². The number of hydrogen-bond donors (Lipinski definition) is 1. The molecule has 0 amide bonds. The molecule has 3 heterocycles. The van der Waals surface area contributed by atoms with Gasteiger partial charge in [0.05, 0.1) is 10.2 Å². The van der Waals surface area contributed by atoms with Crippen molar-refractivity contribution in [3.05, 3.63) is 23.7 Å². The van der Waals surface area contributed by atoms with Crippen molar-refractivity contribution in [2.75, 3.05) is 5.32 Å². The quantitative estimate of drug-likeness (QED) is 0.774. The third-order valence-electron chi connectivity index (χ3n) is 2.47. The Kier molecular flexibility index (Phi) is 2.74. The molecule has 1 N–H and O–H groups in total. The highest BCUT2D eigenvalue weighted by Crippen LogP contribution is 2.25. The fourth-order valence-electron chi connectivity index (χ4n) is 1.68. The van der Waals surface area contributed by atoms with Crippen LogP contribution in [0.4, 0.5) is 6.01 Å². The van der Waals surface area contributed by atoms with Gasteiger partial charge in [-0.3, -0.25) is 4.98 Å². The monoisotopic (exact) mass is 274 g/mol. The van der Waals surface area contributed by atoms with Crippen molar-refractivity contribution in [2.45, 2.75) is 26.3 Å². The van der Waals surface area contributed by atoms with Gasteiger partial charge >= 0.3 is 6.01 Å². The predicted molar refractivity (Wildman–Crippen MR) is 76.3 cm³/mol. The molecule has 3 aromatic heterocycles.